The van der Waals surface area contributed by atoms with Gasteiger partial charge in [0.25, 0.3) is 0 Å². The molecule has 0 radical (unpaired) electrons. The van der Waals surface area contributed by atoms with Crippen LogP contribution in [0.2, 0.25) is 0 Å². The van der Waals surface area contributed by atoms with Gasteiger partial charge in [-0.3, -0.25) is 0 Å². The van der Waals surface area contributed by atoms with Crippen molar-refractivity contribution in [2.45, 2.75) is 11.8 Å². The summed E-state index contributed by atoms with van der Waals surface area (Å²) in [4.78, 5) is 0.266. The summed E-state index contributed by atoms with van der Waals surface area (Å²) in [5.74, 6) is -0.482. The van der Waals surface area contributed by atoms with Gasteiger partial charge in [-0.25, -0.2) is 0 Å². The minimum atomic E-state index is -0.275. The van der Waals surface area contributed by atoms with Gasteiger partial charge in [0.1, 0.15) is 0 Å². The molecule has 0 aliphatic carbocycles. The Morgan fingerprint density at radius 3 is 2.45 bits per heavy atom. The van der Waals surface area contributed by atoms with Gasteiger partial charge in [0, 0.05) is 12.0 Å². The van der Waals surface area contributed by atoms with Crippen LogP contribution in [-0.2, 0) is 0 Å². The van der Waals surface area contributed by atoms with Gasteiger partial charge in [0.15, 0.2) is 11.5 Å². The molecule has 60 valence electrons. The average molecular weight is 172 g/mol. The number of hydrogen-bond acceptors (Lipinski definition) is 4. The second kappa shape index (κ2) is 3.02. The highest BCUT2D eigenvalue weighted by atomic mass is 32.2. The fourth-order valence-electron chi connectivity index (χ4n) is 0.797. The minimum absolute atomic E-state index is 0.207. The van der Waals surface area contributed by atoms with Gasteiger partial charge in [-0.05, 0) is 24.6 Å². The summed E-state index contributed by atoms with van der Waals surface area (Å²) >= 11 is 0.414. The molecule has 0 saturated carbocycles. The number of phenols is 2. The number of rotatable bonds is 1. The van der Waals surface area contributed by atoms with Crippen LogP contribution in [0.25, 0.3) is 0 Å². The first-order valence-corrected chi connectivity index (χ1v) is 3.76. The van der Waals surface area contributed by atoms with Gasteiger partial charge in [-0.15, -0.1) is 0 Å². The van der Waals surface area contributed by atoms with Crippen molar-refractivity contribution in [3.63, 3.8) is 0 Å². The van der Waals surface area contributed by atoms with Crippen LogP contribution < -0.4 is 0 Å². The van der Waals surface area contributed by atoms with E-state index in [1.807, 2.05) is 0 Å². The van der Waals surface area contributed by atoms with E-state index in [0.29, 0.717) is 12.0 Å². The van der Waals surface area contributed by atoms with Crippen LogP contribution in [0.15, 0.2) is 17.0 Å². The van der Waals surface area contributed by atoms with E-state index in [0.717, 1.165) is 5.56 Å². The lowest BCUT2D eigenvalue weighted by Gasteiger charge is -2.02. The predicted octanol–water partition coefficient (Wildman–Crippen LogP) is 1.97. The quantitative estimate of drug-likeness (QED) is 0.447. The molecule has 0 aliphatic heterocycles. The number of hydrogen-bond donors (Lipinski definition) is 3. The Morgan fingerprint density at radius 2 is 1.91 bits per heavy atom. The van der Waals surface area contributed by atoms with Crippen molar-refractivity contribution in [3.8, 4) is 11.5 Å². The van der Waals surface area contributed by atoms with Crippen LogP contribution in [0, 0.1) is 6.92 Å². The van der Waals surface area contributed by atoms with E-state index in [4.69, 9.17) is 14.8 Å². The summed E-state index contributed by atoms with van der Waals surface area (Å²) in [6.07, 6.45) is 0. The molecule has 0 bridgehead atoms. The van der Waals surface area contributed by atoms with Gasteiger partial charge in [-0.2, -0.15) is 0 Å². The fraction of sp³-hybridized carbons (Fsp3) is 0.143. The van der Waals surface area contributed by atoms with Crippen molar-refractivity contribution in [2.75, 3.05) is 0 Å². The molecule has 0 aromatic heterocycles. The van der Waals surface area contributed by atoms with E-state index in [-0.39, 0.29) is 16.4 Å². The summed E-state index contributed by atoms with van der Waals surface area (Å²) in [7, 11) is 0. The van der Waals surface area contributed by atoms with E-state index < -0.39 is 0 Å². The zero-order chi connectivity index (χ0) is 8.43. The minimum Gasteiger partial charge on any atom is -0.504 e. The Hall–Kier alpha value is -0.870. The molecular weight excluding hydrogens is 164 g/mol. The summed E-state index contributed by atoms with van der Waals surface area (Å²) in [5, 5.41) is 18.1. The van der Waals surface area contributed by atoms with Crippen LogP contribution in [0.5, 0.6) is 11.5 Å². The molecule has 3 nitrogen and oxygen atoms in total. The zero-order valence-corrected chi connectivity index (χ0v) is 6.72. The maximum atomic E-state index is 9.09. The monoisotopic (exact) mass is 172 g/mol. The SMILES string of the molecule is Cc1cc(O)c(O)c(SO)c1. The number of aromatic hydroxyl groups is 2. The molecule has 0 atom stereocenters. The molecule has 0 heterocycles. The zero-order valence-electron chi connectivity index (χ0n) is 5.90. The third-order valence-corrected chi connectivity index (χ3v) is 1.81. The molecule has 0 saturated heterocycles. The van der Waals surface area contributed by atoms with Gasteiger partial charge in [0.05, 0.1) is 4.90 Å². The van der Waals surface area contributed by atoms with E-state index >= 15 is 0 Å². The molecule has 1 aromatic rings. The van der Waals surface area contributed by atoms with Gasteiger partial charge in [-0.1, -0.05) is 0 Å². The molecule has 0 unspecified atom stereocenters. The first kappa shape index (κ1) is 8.23. The third-order valence-electron chi connectivity index (χ3n) is 1.30. The molecule has 0 amide bonds. The normalized spacial score (nSPS) is 10.0. The summed E-state index contributed by atoms with van der Waals surface area (Å²) in [6, 6.07) is 3.01. The second-order valence-electron chi connectivity index (χ2n) is 2.22. The molecule has 0 aliphatic rings. The smallest absolute Gasteiger partial charge is 0.173 e. The second-order valence-corrected chi connectivity index (χ2v) is 2.84. The van der Waals surface area contributed by atoms with E-state index in [2.05, 4.69) is 0 Å². The highest BCUT2D eigenvalue weighted by molar-refractivity contribution is 7.93. The van der Waals surface area contributed by atoms with Crippen LogP contribution in [0.3, 0.4) is 0 Å². The lowest BCUT2D eigenvalue weighted by molar-refractivity contribution is 0.393. The van der Waals surface area contributed by atoms with Crippen molar-refractivity contribution in [1.82, 2.24) is 0 Å². The Labute approximate surface area is 68.5 Å². The summed E-state index contributed by atoms with van der Waals surface area (Å²) in [5.41, 5.74) is 0.789. The predicted molar refractivity (Wildman–Crippen MR) is 43.0 cm³/mol. The Balaban J connectivity index is 3.24. The van der Waals surface area contributed by atoms with E-state index in [1.165, 1.54) is 6.07 Å². The average Bonchev–Trinajstić information content (AvgIpc) is 1.96. The Kier molecular flexibility index (Phi) is 2.26. The van der Waals surface area contributed by atoms with Crippen LogP contribution >= 0.6 is 12.0 Å². The van der Waals surface area contributed by atoms with Crippen molar-refractivity contribution in [2.24, 2.45) is 0 Å². The van der Waals surface area contributed by atoms with Gasteiger partial charge < -0.3 is 14.8 Å². The number of phenolic OH excluding ortho intramolecular Hbond substituents is 2. The number of benzene rings is 1. The van der Waals surface area contributed by atoms with Crippen LogP contribution in [0.4, 0.5) is 0 Å². The topological polar surface area (TPSA) is 60.7 Å². The number of aryl methyl sites for hydroxylation is 1. The molecular formula is C7H8O3S. The summed E-state index contributed by atoms with van der Waals surface area (Å²) < 4.78 is 8.61. The maximum absolute atomic E-state index is 9.09. The van der Waals surface area contributed by atoms with Gasteiger partial charge in [0.2, 0.25) is 0 Å². The molecule has 1 aromatic carbocycles. The van der Waals surface area contributed by atoms with Crippen molar-refractivity contribution in [1.29, 1.82) is 0 Å². The third kappa shape index (κ3) is 1.58. The van der Waals surface area contributed by atoms with Crippen LogP contribution in [0.1, 0.15) is 5.56 Å². The van der Waals surface area contributed by atoms with Crippen molar-refractivity contribution >= 4 is 12.0 Å². The largest absolute Gasteiger partial charge is 0.504 e. The fourth-order valence-corrected chi connectivity index (χ4v) is 1.23. The molecule has 0 spiro atoms. The lowest BCUT2D eigenvalue weighted by atomic mass is 10.2. The van der Waals surface area contributed by atoms with E-state index in [1.54, 1.807) is 13.0 Å². The first-order valence-electron chi connectivity index (χ1n) is 2.99. The molecule has 11 heavy (non-hydrogen) atoms. The van der Waals surface area contributed by atoms with Gasteiger partial charge >= 0.3 is 0 Å². The van der Waals surface area contributed by atoms with Crippen molar-refractivity contribution < 1.29 is 14.8 Å². The Bertz CT molecular complexity index is 273. The highest BCUT2D eigenvalue weighted by Gasteiger charge is 2.06. The molecule has 4 heteroatoms. The van der Waals surface area contributed by atoms with Crippen molar-refractivity contribution in [3.05, 3.63) is 17.7 Å². The summed E-state index contributed by atoms with van der Waals surface area (Å²) in [6.45, 7) is 1.76. The highest BCUT2D eigenvalue weighted by Crippen LogP contribution is 2.35. The Morgan fingerprint density at radius 1 is 1.27 bits per heavy atom. The maximum Gasteiger partial charge on any atom is 0.173 e. The molecule has 0 fully saturated rings. The molecule has 3 N–H and O–H groups in total. The molecule has 1 rings (SSSR count). The lowest BCUT2D eigenvalue weighted by Crippen LogP contribution is -1.77. The van der Waals surface area contributed by atoms with Crippen LogP contribution in [-0.4, -0.2) is 14.8 Å². The first-order chi connectivity index (χ1) is 5.15. The van der Waals surface area contributed by atoms with E-state index in [9.17, 15) is 0 Å². The standard InChI is InChI=1S/C7H8O3S/c1-4-2-5(8)7(9)6(3-4)11-10/h2-3,8-10H,1H3.